The van der Waals surface area contributed by atoms with Crippen LogP contribution in [0.1, 0.15) is 26.2 Å². The number of hydrogen-bond acceptors (Lipinski definition) is 3. The second-order valence-electron chi connectivity index (χ2n) is 4.98. The molecule has 1 fully saturated rings. The summed E-state index contributed by atoms with van der Waals surface area (Å²) in [7, 11) is -3.68. The Bertz CT molecular complexity index is 584. The van der Waals surface area contributed by atoms with Gasteiger partial charge in [-0.05, 0) is 44.0 Å². The van der Waals surface area contributed by atoms with Crippen LogP contribution >= 0.6 is 0 Å². The number of alkyl halides is 3. The molecule has 1 heterocycles. The van der Waals surface area contributed by atoms with Gasteiger partial charge in [-0.25, -0.2) is 8.42 Å². The summed E-state index contributed by atoms with van der Waals surface area (Å²) in [5.74, 6) is -0.437. The van der Waals surface area contributed by atoms with E-state index in [0.29, 0.717) is 6.54 Å². The number of benzene rings is 1. The first-order chi connectivity index (χ1) is 9.70. The average Bonchev–Trinajstić information content (AvgIpc) is 2.37. The number of sulfonamides is 1. The predicted octanol–water partition coefficient (Wildman–Crippen LogP) is 3.15. The number of piperidine rings is 1. The monoisotopic (exact) mass is 323 g/mol. The molecule has 0 bridgehead atoms. The zero-order valence-electron chi connectivity index (χ0n) is 11.4. The molecule has 2 rings (SSSR count). The Kier molecular flexibility index (Phi) is 4.48. The van der Waals surface area contributed by atoms with Crippen molar-refractivity contribution in [1.82, 2.24) is 4.31 Å². The van der Waals surface area contributed by atoms with E-state index in [-0.39, 0.29) is 10.9 Å². The van der Waals surface area contributed by atoms with Crippen molar-refractivity contribution in [2.24, 2.45) is 0 Å². The van der Waals surface area contributed by atoms with Gasteiger partial charge in [0.2, 0.25) is 10.0 Å². The maximum absolute atomic E-state index is 12.5. The molecule has 0 saturated carbocycles. The first-order valence-corrected chi connectivity index (χ1v) is 8.02. The highest BCUT2D eigenvalue weighted by atomic mass is 32.2. The Morgan fingerprint density at radius 3 is 2.33 bits per heavy atom. The molecule has 4 nitrogen and oxygen atoms in total. The molecule has 0 radical (unpaired) electrons. The lowest BCUT2D eigenvalue weighted by Crippen LogP contribution is -2.41. The SMILES string of the molecule is CC1CCCCN1S(=O)(=O)c1ccc(OC(F)(F)F)cc1. The average molecular weight is 323 g/mol. The van der Waals surface area contributed by atoms with Gasteiger partial charge >= 0.3 is 6.36 Å². The van der Waals surface area contributed by atoms with E-state index in [1.54, 1.807) is 0 Å². The van der Waals surface area contributed by atoms with Crippen molar-refractivity contribution in [1.29, 1.82) is 0 Å². The number of rotatable bonds is 3. The van der Waals surface area contributed by atoms with Crippen LogP contribution in [0.3, 0.4) is 0 Å². The van der Waals surface area contributed by atoms with Crippen molar-refractivity contribution < 1.29 is 26.3 Å². The quantitative estimate of drug-likeness (QED) is 0.858. The van der Waals surface area contributed by atoms with E-state index in [9.17, 15) is 21.6 Å². The summed E-state index contributed by atoms with van der Waals surface area (Å²) >= 11 is 0. The van der Waals surface area contributed by atoms with Crippen LogP contribution in [0.5, 0.6) is 5.75 Å². The van der Waals surface area contributed by atoms with Gasteiger partial charge in [0.15, 0.2) is 0 Å². The molecule has 1 aromatic rings. The van der Waals surface area contributed by atoms with Crippen LogP contribution in [-0.4, -0.2) is 31.7 Å². The number of ether oxygens (including phenoxy) is 1. The lowest BCUT2D eigenvalue weighted by molar-refractivity contribution is -0.274. The molecule has 0 N–H and O–H groups in total. The molecular formula is C13H16F3NO3S. The molecule has 0 aromatic heterocycles. The van der Waals surface area contributed by atoms with Crippen LogP contribution in [-0.2, 0) is 10.0 Å². The van der Waals surface area contributed by atoms with Crippen molar-refractivity contribution in [2.45, 2.75) is 43.5 Å². The Hall–Kier alpha value is -1.28. The van der Waals surface area contributed by atoms with Gasteiger partial charge in [0, 0.05) is 12.6 Å². The molecule has 1 aromatic carbocycles. The summed E-state index contributed by atoms with van der Waals surface area (Å²) in [5, 5.41) is 0. The highest BCUT2D eigenvalue weighted by Gasteiger charge is 2.33. The molecule has 0 spiro atoms. The van der Waals surface area contributed by atoms with Crippen LogP contribution in [0, 0.1) is 0 Å². The van der Waals surface area contributed by atoms with Gasteiger partial charge in [0.1, 0.15) is 5.75 Å². The van der Waals surface area contributed by atoms with E-state index in [4.69, 9.17) is 0 Å². The van der Waals surface area contributed by atoms with Gasteiger partial charge in [-0.15, -0.1) is 13.2 Å². The Morgan fingerprint density at radius 1 is 1.19 bits per heavy atom. The van der Waals surface area contributed by atoms with Crippen LogP contribution in [0.15, 0.2) is 29.2 Å². The van der Waals surface area contributed by atoms with Crippen molar-refractivity contribution in [2.75, 3.05) is 6.54 Å². The van der Waals surface area contributed by atoms with E-state index in [1.807, 2.05) is 6.92 Å². The second-order valence-corrected chi connectivity index (χ2v) is 6.87. The minimum atomic E-state index is -4.79. The molecule has 1 saturated heterocycles. The van der Waals surface area contributed by atoms with Gasteiger partial charge < -0.3 is 4.74 Å². The highest BCUT2D eigenvalue weighted by molar-refractivity contribution is 7.89. The smallest absolute Gasteiger partial charge is 0.406 e. The predicted molar refractivity (Wildman–Crippen MR) is 70.3 cm³/mol. The zero-order chi connectivity index (χ0) is 15.7. The summed E-state index contributed by atoms with van der Waals surface area (Å²) < 4.78 is 66.2. The Balaban J connectivity index is 2.21. The summed E-state index contributed by atoms with van der Waals surface area (Å²) in [5.41, 5.74) is 0. The molecule has 118 valence electrons. The molecule has 1 unspecified atom stereocenters. The molecule has 8 heteroatoms. The van der Waals surface area contributed by atoms with Crippen molar-refractivity contribution in [3.63, 3.8) is 0 Å². The molecule has 1 aliphatic rings. The normalized spacial score (nSPS) is 21.2. The van der Waals surface area contributed by atoms with E-state index in [2.05, 4.69) is 4.74 Å². The van der Waals surface area contributed by atoms with Crippen molar-refractivity contribution >= 4 is 10.0 Å². The topological polar surface area (TPSA) is 46.6 Å². The van der Waals surface area contributed by atoms with Crippen LogP contribution in [0.2, 0.25) is 0 Å². The largest absolute Gasteiger partial charge is 0.573 e. The van der Waals surface area contributed by atoms with Gasteiger partial charge in [0.05, 0.1) is 4.90 Å². The molecule has 1 atom stereocenters. The van der Waals surface area contributed by atoms with Gasteiger partial charge in [-0.1, -0.05) is 6.42 Å². The summed E-state index contributed by atoms with van der Waals surface area (Å²) in [6, 6.07) is 4.19. The number of halogens is 3. The van der Waals surface area contributed by atoms with E-state index in [0.717, 1.165) is 43.5 Å². The maximum atomic E-state index is 12.5. The minimum absolute atomic E-state index is 0.0224. The first-order valence-electron chi connectivity index (χ1n) is 6.58. The summed E-state index contributed by atoms with van der Waals surface area (Å²) in [6.45, 7) is 2.27. The standard InChI is InChI=1S/C13H16F3NO3S/c1-10-4-2-3-9-17(10)21(18,19)12-7-5-11(6-8-12)20-13(14,15)16/h5-8,10H,2-4,9H2,1H3. The fraction of sp³-hybridized carbons (Fsp3) is 0.538. The van der Waals surface area contributed by atoms with E-state index in [1.165, 1.54) is 4.31 Å². The third-order valence-electron chi connectivity index (χ3n) is 3.41. The lowest BCUT2D eigenvalue weighted by Gasteiger charge is -2.32. The first kappa shape index (κ1) is 16.1. The maximum Gasteiger partial charge on any atom is 0.573 e. The molecule has 21 heavy (non-hydrogen) atoms. The van der Waals surface area contributed by atoms with Crippen LogP contribution in [0.25, 0.3) is 0 Å². The fourth-order valence-corrected chi connectivity index (χ4v) is 4.08. The summed E-state index contributed by atoms with van der Waals surface area (Å²) in [6.07, 6.45) is -2.24. The second kappa shape index (κ2) is 5.84. The van der Waals surface area contributed by atoms with E-state index < -0.39 is 22.1 Å². The number of hydrogen-bond donors (Lipinski definition) is 0. The molecule has 1 aliphatic heterocycles. The Labute approximate surface area is 121 Å². The van der Waals surface area contributed by atoms with Crippen LogP contribution < -0.4 is 4.74 Å². The Morgan fingerprint density at radius 2 is 1.81 bits per heavy atom. The van der Waals surface area contributed by atoms with Crippen molar-refractivity contribution in [3.05, 3.63) is 24.3 Å². The van der Waals surface area contributed by atoms with Crippen LogP contribution in [0.4, 0.5) is 13.2 Å². The minimum Gasteiger partial charge on any atom is -0.406 e. The molecule has 0 amide bonds. The summed E-state index contributed by atoms with van der Waals surface area (Å²) in [4.78, 5) is -0.0224. The molecule has 0 aliphatic carbocycles. The van der Waals surface area contributed by atoms with Gasteiger partial charge in [-0.3, -0.25) is 0 Å². The zero-order valence-corrected chi connectivity index (χ0v) is 12.2. The third-order valence-corrected chi connectivity index (χ3v) is 5.43. The number of nitrogens with zero attached hydrogens (tertiary/aromatic N) is 1. The van der Waals surface area contributed by atoms with Crippen molar-refractivity contribution in [3.8, 4) is 5.75 Å². The van der Waals surface area contributed by atoms with E-state index >= 15 is 0 Å². The third kappa shape index (κ3) is 3.88. The highest BCUT2D eigenvalue weighted by Crippen LogP contribution is 2.28. The van der Waals surface area contributed by atoms with Gasteiger partial charge in [0.25, 0.3) is 0 Å². The van der Waals surface area contributed by atoms with Gasteiger partial charge in [-0.2, -0.15) is 4.31 Å². The molecular weight excluding hydrogens is 307 g/mol. The fourth-order valence-electron chi connectivity index (χ4n) is 2.38. The lowest BCUT2D eigenvalue weighted by atomic mass is 10.1.